The number of ether oxygens (including phenoxy) is 1. The molecule has 0 amide bonds. The molecule has 1 unspecified atom stereocenters. The smallest absolute Gasteiger partial charge is 0.0716 e. The molecule has 1 aliphatic rings. The van der Waals surface area contributed by atoms with Gasteiger partial charge in [0.15, 0.2) is 0 Å². The maximum atomic E-state index is 5.65. The Balaban J connectivity index is 1.58. The van der Waals surface area contributed by atoms with Gasteiger partial charge in [0.1, 0.15) is 0 Å². The Labute approximate surface area is 97.2 Å². The van der Waals surface area contributed by atoms with Crippen LogP contribution in [0, 0.1) is 0 Å². The van der Waals surface area contributed by atoms with Crippen LogP contribution in [0.1, 0.15) is 12.0 Å². The molecular formula is C13H20N2O. The number of rotatable bonds is 5. The van der Waals surface area contributed by atoms with Gasteiger partial charge in [-0.1, -0.05) is 30.3 Å². The molecule has 0 aromatic heterocycles. The van der Waals surface area contributed by atoms with Gasteiger partial charge in [0, 0.05) is 32.3 Å². The van der Waals surface area contributed by atoms with E-state index in [1.165, 1.54) is 5.56 Å². The lowest BCUT2D eigenvalue weighted by Gasteiger charge is -2.24. The molecule has 16 heavy (non-hydrogen) atoms. The summed E-state index contributed by atoms with van der Waals surface area (Å²) in [6.45, 7) is 4.77. The molecule has 2 N–H and O–H groups in total. The second-order valence-corrected chi connectivity index (χ2v) is 4.18. The van der Waals surface area contributed by atoms with Crippen LogP contribution >= 0.6 is 0 Å². The fourth-order valence-corrected chi connectivity index (χ4v) is 1.91. The van der Waals surface area contributed by atoms with E-state index in [9.17, 15) is 0 Å². The predicted molar refractivity (Wildman–Crippen MR) is 65.4 cm³/mol. The quantitative estimate of drug-likeness (QED) is 0.730. The van der Waals surface area contributed by atoms with Gasteiger partial charge in [-0.3, -0.25) is 0 Å². The lowest BCUT2D eigenvalue weighted by atomic mass is 10.2. The Kier molecular flexibility index (Phi) is 4.80. The Morgan fingerprint density at radius 3 is 2.81 bits per heavy atom. The maximum Gasteiger partial charge on any atom is 0.0716 e. The number of benzene rings is 1. The van der Waals surface area contributed by atoms with Crippen LogP contribution in [0.2, 0.25) is 0 Å². The second kappa shape index (κ2) is 6.63. The zero-order valence-corrected chi connectivity index (χ0v) is 9.61. The molecule has 2 rings (SSSR count). The molecule has 1 aliphatic heterocycles. The Morgan fingerprint density at radius 1 is 1.19 bits per heavy atom. The summed E-state index contributed by atoms with van der Waals surface area (Å²) >= 11 is 0. The van der Waals surface area contributed by atoms with E-state index in [1.807, 2.05) is 18.2 Å². The monoisotopic (exact) mass is 220 g/mol. The van der Waals surface area contributed by atoms with Gasteiger partial charge in [0.25, 0.3) is 0 Å². The van der Waals surface area contributed by atoms with Crippen LogP contribution in [0.15, 0.2) is 30.3 Å². The molecule has 0 spiro atoms. The van der Waals surface area contributed by atoms with Crippen LogP contribution in [-0.2, 0) is 11.3 Å². The molecule has 88 valence electrons. The van der Waals surface area contributed by atoms with Gasteiger partial charge in [-0.2, -0.15) is 0 Å². The molecule has 1 atom stereocenters. The van der Waals surface area contributed by atoms with Crippen molar-refractivity contribution in [2.24, 2.45) is 0 Å². The summed E-state index contributed by atoms with van der Waals surface area (Å²) in [7, 11) is 0. The van der Waals surface area contributed by atoms with E-state index in [0.29, 0.717) is 6.04 Å². The van der Waals surface area contributed by atoms with E-state index in [2.05, 4.69) is 22.8 Å². The van der Waals surface area contributed by atoms with Gasteiger partial charge in [-0.05, 0) is 12.0 Å². The van der Waals surface area contributed by atoms with Gasteiger partial charge in [-0.25, -0.2) is 0 Å². The van der Waals surface area contributed by atoms with Gasteiger partial charge >= 0.3 is 0 Å². The van der Waals surface area contributed by atoms with Crippen molar-refractivity contribution < 1.29 is 4.74 Å². The van der Waals surface area contributed by atoms with Crippen molar-refractivity contribution in [3.8, 4) is 0 Å². The van der Waals surface area contributed by atoms with Crippen molar-refractivity contribution in [1.29, 1.82) is 0 Å². The highest BCUT2D eigenvalue weighted by Gasteiger charge is 2.10. The van der Waals surface area contributed by atoms with Crippen molar-refractivity contribution in [2.45, 2.75) is 19.1 Å². The predicted octanol–water partition coefficient (Wildman–Crippen LogP) is 1.15. The van der Waals surface area contributed by atoms with Crippen LogP contribution in [-0.4, -0.2) is 32.3 Å². The largest absolute Gasteiger partial charge is 0.377 e. The Bertz CT molecular complexity index is 283. The molecule has 3 nitrogen and oxygen atoms in total. The average molecular weight is 220 g/mol. The van der Waals surface area contributed by atoms with Crippen molar-refractivity contribution in [2.75, 3.05) is 26.2 Å². The SMILES string of the molecule is c1ccc(COCCC2CNCCN2)cc1. The molecule has 1 fully saturated rings. The fraction of sp³-hybridized carbons (Fsp3) is 0.538. The van der Waals surface area contributed by atoms with Crippen molar-refractivity contribution in [3.63, 3.8) is 0 Å². The van der Waals surface area contributed by atoms with E-state index in [0.717, 1.165) is 39.3 Å². The lowest BCUT2D eigenvalue weighted by molar-refractivity contribution is 0.109. The summed E-state index contributed by atoms with van der Waals surface area (Å²) in [4.78, 5) is 0. The molecule has 1 heterocycles. The highest BCUT2D eigenvalue weighted by molar-refractivity contribution is 5.13. The van der Waals surface area contributed by atoms with Crippen molar-refractivity contribution in [1.82, 2.24) is 10.6 Å². The number of hydrogen-bond acceptors (Lipinski definition) is 3. The second-order valence-electron chi connectivity index (χ2n) is 4.18. The molecule has 3 heteroatoms. The third-order valence-electron chi connectivity index (χ3n) is 2.85. The van der Waals surface area contributed by atoms with E-state index in [-0.39, 0.29) is 0 Å². The first-order chi connectivity index (χ1) is 7.95. The third-order valence-corrected chi connectivity index (χ3v) is 2.85. The fourth-order valence-electron chi connectivity index (χ4n) is 1.91. The first-order valence-corrected chi connectivity index (χ1v) is 6.01. The van der Waals surface area contributed by atoms with Gasteiger partial charge < -0.3 is 15.4 Å². The van der Waals surface area contributed by atoms with E-state index in [4.69, 9.17) is 4.74 Å². The summed E-state index contributed by atoms with van der Waals surface area (Å²) < 4.78 is 5.65. The molecule has 1 saturated heterocycles. The molecule has 0 bridgehead atoms. The average Bonchev–Trinajstić information content (AvgIpc) is 2.37. The molecule has 0 radical (unpaired) electrons. The summed E-state index contributed by atoms with van der Waals surface area (Å²) in [5, 5.41) is 6.85. The number of hydrogen-bond donors (Lipinski definition) is 2. The minimum Gasteiger partial charge on any atom is -0.377 e. The van der Waals surface area contributed by atoms with Crippen LogP contribution in [0.5, 0.6) is 0 Å². The third kappa shape index (κ3) is 3.93. The van der Waals surface area contributed by atoms with Gasteiger partial charge in [-0.15, -0.1) is 0 Å². The summed E-state index contributed by atoms with van der Waals surface area (Å²) in [5.74, 6) is 0. The number of nitrogens with one attached hydrogen (secondary N) is 2. The van der Waals surface area contributed by atoms with Crippen LogP contribution in [0.3, 0.4) is 0 Å². The number of piperazine rings is 1. The van der Waals surface area contributed by atoms with Gasteiger partial charge in [0.05, 0.1) is 6.61 Å². The topological polar surface area (TPSA) is 33.3 Å². The maximum absolute atomic E-state index is 5.65. The molecule has 0 aliphatic carbocycles. The van der Waals surface area contributed by atoms with Crippen LogP contribution in [0.4, 0.5) is 0 Å². The minimum atomic E-state index is 0.574. The first kappa shape index (κ1) is 11.6. The highest BCUT2D eigenvalue weighted by atomic mass is 16.5. The zero-order valence-electron chi connectivity index (χ0n) is 9.61. The van der Waals surface area contributed by atoms with E-state index >= 15 is 0 Å². The lowest BCUT2D eigenvalue weighted by Crippen LogP contribution is -2.48. The summed E-state index contributed by atoms with van der Waals surface area (Å²) in [5.41, 5.74) is 1.25. The Hall–Kier alpha value is -0.900. The summed E-state index contributed by atoms with van der Waals surface area (Å²) in [6.07, 6.45) is 1.08. The van der Waals surface area contributed by atoms with Crippen molar-refractivity contribution in [3.05, 3.63) is 35.9 Å². The molecule has 0 saturated carbocycles. The van der Waals surface area contributed by atoms with Crippen molar-refractivity contribution >= 4 is 0 Å². The van der Waals surface area contributed by atoms with Crippen LogP contribution in [0.25, 0.3) is 0 Å². The summed E-state index contributed by atoms with van der Waals surface area (Å²) in [6, 6.07) is 10.9. The molecule has 1 aromatic rings. The van der Waals surface area contributed by atoms with E-state index in [1.54, 1.807) is 0 Å². The minimum absolute atomic E-state index is 0.574. The van der Waals surface area contributed by atoms with E-state index < -0.39 is 0 Å². The van der Waals surface area contributed by atoms with Gasteiger partial charge in [0.2, 0.25) is 0 Å². The molecule has 1 aromatic carbocycles. The normalized spacial score (nSPS) is 20.9. The highest BCUT2D eigenvalue weighted by Crippen LogP contribution is 2.02. The van der Waals surface area contributed by atoms with Crippen LogP contribution < -0.4 is 10.6 Å². The first-order valence-electron chi connectivity index (χ1n) is 6.01. The standard InChI is InChI=1S/C13H20N2O/c1-2-4-12(5-3-1)11-16-9-6-13-10-14-7-8-15-13/h1-5,13-15H,6-11H2. The Morgan fingerprint density at radius 2 is 2.06 bits per heavy atom. The zero-order chi connectivity index (χ0) is 11.1. The molecular weight excluding hydrogens is 200 g/mol.